The van der Waals surface area contributed by atoms with E-state index in [-0.39, 0.29) is 0 Å². The van der Waals surface area contributed by atoms with Gasteiger partial charge in [0.05, 0.1) is 6.61 Å². The van der Waals surface area contributed by atoms with E-state index >= 15 is 0 Å². The van der Waals surface area contributed by atoms with Gasteiger partial charge in [0.15, 0.2) is 0 Å². The zero-order chi connectivity index (χ0) is 11.1. The summed E-state index contributed by atoms with van der Waals surface area (Å²) in [5.41, 5.74) is 1.21. The van der Waals surface area contributed by atoms with Crippen LogP contribution < -0.4 is 5.32 Å². The topological polar surface area (TPSA) is 21.3 Å². The molecule has 0 spiro atoms. The smallest absolute Gasteiger partial charge is 0.0590 e. The van der Waals surface area contributed by atoms with E-state index in [2.05, 4.69) is 18.3 Å². The number of hydrogen-bond donors (Lipinski definition) is 1. The molecule has 0 saturated heterocycles. The Labute approximate surface area is 96.6 Å². The van der Waals surface area contributed by atoms with Crippen LogP contribution in [0.15, 0.2) is 24.3 Å². The summed E-state index contributed by atoms with van der Waals surface area (Å²) < 4.78 is 5.25. The molecule has 3 heteroatoms. The lowest BCUT2D eigenvalue weighted by atomic mass is 10.1. The summed E-state index contributed by atoms with van der Waals surface area (Å²) in [6, 6.07) is 8.23. The third-order valence-electron chi connectivity index (χ3n) is 2.25. The summed E-state index contributed by atoms with van der Waals surface area (Å²) in [5, 5.41) is 4.16. The SMILES string of the molecule is CCOCCN[C@@H](C)c1cccc(Cl)c1. The first-order chi connectivity index (χ1) is 7.24. The molecule has 0 saturated carbocycles. The molecule has 0 aliphatic rings. The van der Waals surface area contributed by atoms with E-state index in [0.29, 0.717) is 6.04 Å². The Kier molecular flexibility index (Phi) is 5.69. The zero-order valence-electron chi connectivity index (χ0n) is 9.29. The van der Waals surface area contributed by atoms with Crippen LogP contribution in [0, 0.1) is 0 Å². The van der Waals surface area contributed by atoms with Gasteiger partial charge in [-0.3, -0.25) is 0 Å². The molecule has 0 unspecified atom stereocenters. The van der Waals surface area contributed by atoms with E-state index in [1.165, 1.54) is 5.56 Å². The third kappa shape index (κ3) is 4.65. The Morgan fingerprint density at radius 3 is 2.93 bits per heavy atom. The highest BCUT2D eigenvalue weighted by Gasteiger charge is 2.03. The molecule has 0 aliphatic carbocycles. The van der Waals surface area contributed by atoms with Gasteiger partial charge >= 0.3 is 0 Å². The second-order valence-corrected chi connectivity index (χ2v) is 3.86. The normalized spacial score (nSPS) is 12.7. The first-order valence-electron chi connectivity index (χ1n) is 5.30. The summed E-state index contributed by atoms with van der Waals surface area (Å²) in [6.45, 7) is 6.51. The van der Waals surface area contributed by atoms with Crippen molar-refractivity contribution in [3.8, 4) is 0 Å². The van der Waals surface area contributed by atoms with Crippen LogP contribution in [-0.4, -0.2) is 19.8 Å². The van der Waals surface area contributed by atoms with E-state index in [0.717, 1.165) is 24.8 Å². The molecule has 1 aromatic carbocycles. The molecule has 0 aliphatic heterocycles. The van der Waals surface area contributed by atoms with Gasteiger partial charge in [0, 0.05) is 24.2 Å². The maximum atomic E-state index is 5.92. The molecule has 1 aromatic rings. The Balaban J connectivity index is 2.36. The summed E-state index contributed by atoms with van der Waals surface area (Å²) in [7, 11) is 0. The van der Waals surface area contributed by atoms with Crippen LogP contribution in [0.5, 0.6) is 0 Å². The molecule has 0 amide bonds. The summed E-state index contributed by atoms with van der Waals surface area (Å²) >= 11 is 5.92. The van der Waals surface area contributed by atoms with Crippen molar-refractivity contribution < 1.29 is 4.74 Å². The van der Waals surface area contributed by atoms with Crippen molar-refractivity contribution in [3.63, 3.8) is 0 Å². The van der Waals surface area contributed by atoms with Gasteiger partial charge in [-0.1, -0.05) is 23.7 Å². The summed E-state index contributed by atoms with van der Waals surface area (Å²) in [6.07, 6.45) is 0. The zero-order valence-corrected chi connectivity index (χ0v) is 10.1. The van der Waals surface area contributed by atoms with Crippen molar-refractivity contribution >= 4 is 11.6 Å². The Hall–Kier alpha value is -0.570. The molecular weight excluding hydrogens is 210 g/mol. The van der Waals surface area contributed by atoms with Gasteiger partial charge < -0.3 is 10.1 Å². The fourth-order valence-electron chi connectivity index (χ4n) is 1.39. The number of benzene rings is 1. The monoisotopic (exact) mass is 227 g/mol. The van der Waals surface area contributed by atoms with Crippen molar-refractivity contribution in [2.75, 3.05) is 19.8 Å². The first kappa shape index (κ1) is 12.5. The number of rotatable bonds is 6. The lowest BCUT2D eigenvalue weighted by Crippen LogP contribution is -2.23. The van der Waals surface area contributed by atoms with E-state index in [1.807, 2.05) is 25.1 Å². The van der Waals surface area contributed by atoms with Crippen molar-refractivity contribution in [3.05, 3.63) is 34.9 Å². The number of hydrogen-bond acceptors (Lipinski definition) is 2. The Bertz CT molecular complexity index is 291. The van der Waals surface area contributed by atoms with Crippen LogP contribution in [0.3, 0.4) is 0 Å². The van der Waals surface area contributed by atoms with E-state index in [4.69, 9.17) is 16.3 Å². The molecule has 0 heterocycles. The van der Waals surface area contributed by atoms with Crippen LogP contribution in [0.2, 0.25) is 5.02 Å². The highest BCUT2D eigenvalue weighted by atomic mass is 35.5. The maximum Gasteiger partial charge on any atom is 0.0590 e. The van der Waals surface area contributed by atoms with Crippen molar-refractivity contribution in [1.82, 2.24) is 5.32 Å². The summed E-state index contributed by atoms with van der Waals surface area (Å²) in [5.74, 6) is 0. The predicted molar refractivity (Wildman–Crippen MR) is 64.4 cm³/mol. The minimum Gasteiger partial charge on any atom is -0.380 e. The molecule has 1 rings (SSSR count). The van der Waals surface area contributed by atoms with Crippen LogP contribution >= 0.6 is 11.6 Å². The second kappa shape index (κ2) is 6.83. The molecular formula is C12H18ClNO. The van der Waals surface area contributed by atoms with Gasteiger partial charge in [0.1, 0.15) is 0 Å². The lowest BCUT2D eigenvalue weighted by Gasteiger charge is -2.14. The van der Waals surface area contributed by atoms with Gasteiger partial charge in [-0.25, -0.2) is 0 Å². The maximum absolute atomic E-state index is 5.92. The van der Waals surface area contributed by atoms with Gasteiger partial charge in [-0.2, -0.15) is 0 Å². The number of nitrogens with one attached hydrogen (secondary N) is 1. The highest BCUT2D eigenvalue weighted by molar-refractivity contribution is 6.30. The average Bonchev–Trinajstić information content (AvgIpc) is 2.24. The standard InChI is InChI=1S/C12H18ClNO/c1-3-15-8-7-14-10(2)11-5-4-6-12(13)9-11/h4-6,9-10,14H,3,7-8H2,1-2H3/t10-/m0/s1. The van der Waals surface area contributed by atoms with E-state index < -0.39 is 0 Å². The molecule has 0 radical (unpaired) electrons. The largest absolute Gasteiger partial charge is 0.380 e. The van der Waals surface area contributed by atoms with Gasteiger partial charge in [0.2, 0.25) is 0 Å². The van der Waals surface area contributed by atoms with Crippen LogP contribution in [-0.2, 0) is 4.74 Å². The molecule has 1 N–H and O–H groups in total. The third-order valence-corrected chi connectivity index (χ3v) is 2.48. The molecule has 84 valence electrons. The Morgan fingerprint density at radius 1 is 1.47 bits per heavy atom. The summed E-state index contributed by atoms with van der Waals surface area (Å²) in [4.78, 5) is 0. The van der Waals surface area contributed by atoms with Crippen LogP contribution in [0.25, 0.3) is 0 Å². The van der Waals surface area contributed by atoms with Gasteiger partial charge in [0.25, 0.3) is 0 Å². The van der Waals surface area contributed by atoms with Crippen molar-refractivity contribution in [2.24, 2.45) is 0 Å². The molecule has 2 nitrogen and oxygen atoms in total. The van der Waals surface area contributed by atoms with Crippen LogP contribution in [0.4, 0.5) is 0 Å². The second-order valence-electron chi connectivity index (χ2n) is 3.43. The average molecular weight is 228 g/mol. The molecule has 15 heavy (non-hydrogen) atoms. The van der Waals surface area contributed by atoms with Crippen molar-refractivity contribution in [2.45, 2.75) is 19.9 Å². The molecule has 1 atom stereocenters. The number of halogens is 1. The fraction of sp³-hybridized carbons (Fsp3) is 0.500. The molecule has 0 aromatic heterocycles. The van der Waals surface area contributed by atoms with E-state index in [1.54, 1.807) is 0 Å². The quantitative estimate of drug-likeness (QED) is 0.755. The minimum absolute atomic E-state index is 0.309. The Morgan fingerprint density at radius 2 is 2.27 bits per heavy atom. The molecule has 0 bridgehead atoms. The minimum atomic E-state index is 0.309. The van der Waals surface area contributed by atoms with Gasteiger partial charge in [-0.05, 0) is 31.5 Å². The fourth-order valence-corrected chi connectivity index (χ4v) is 1.58. The van der Waals surface area contributed by atoms with Crippen LogP contribution in [0.1, 0.15) is 25.5 Å². The lowest BCUT2D eigenvalue weighted by molar-refractivity contribution is 0.147. The van der Waals surface area contributed by atoms with Crippen molar-refractivity contribution in [1.29, 1.82) is 0 Å². The van der Waals surface area contributed by atoms with Gasteiger partial charge in [-0.15, -0.1) is 0 Å². The predicted octanol–water partition coefficient (Wildman–Crippen LogP) is 3.03. The first-order valence-corrected chi connectivity index (χ1v) is 5.68. The molecule has 0 fully saturated rings. The number of ether oxygens (including phenoxy) is 1. The highest BCUT2D eigenvalue weighted by Crippen LogP contribution is 2.16. The van der Waals surface area contributed by atoms with E-state index in [9.17, 15) is 0 Å².